The van der Waals surface area contributed by atoms with Crippen LogP contribution in [0.2, 0.25) is 0 Å². The van der Waals surface area contributed by atoms with E-state index in [1.807, 2.05) is 23.5 Å². The second-order valence-electron chi connectivity index (χ2n) is 10.6. The lowest BCUT2D eigenvalue weighted by Gasteiger charge is -2.27. The van der Waals surface area contributed by atoms with Gasteiger partial charge in [-0.3, -0.25) is 0 Å². The summed E-state index contributed by atoms with van der Waals surface area (Å²) in [5, 5.41) is 9.76. The molecular formula is C38H23NOS. The number of fused-ring (bicyclic) bond motifs is 9. The van der Waals surface area contributed by atoms with Gasteiger partial charge in [0.25, 0.3) is 0 Å². The van der Waals surface area contributed by atoms with Crippen LogP contribution in [0.1, 0.15) is 0 Å². The third kappa shape index (κ3) is 3.43. The first-order valence-electron chi connectivity index (χ1n) is 13.9. The lowest BCUT2D eigenvalue weighted by Crippen LogP contribution is -2.10. The molecule has 0 aliphatic rings. The van der Waals surface area contributed by atoms with Crippen LogP contribution in [-0.2, 0) is 0 Å². The van der Waals surface area contributed by atoms with Gasteiger partial charge in [-0.25, -0.2) is 0 Å². The van der Waals surface area contributed by atoms with Gasteiger partial charge in [-0.1, -0.05) is 78.9 Å². The van der Waals surface area contributed by atoms with E-state index in [-0.39, 0.29) is 0 Å². The van der Waals surface area contributed by atoms with Crippen molar-refractivity contribution in [2.75, 3.05) is 4.90 Å². The Morgan fingerprint density at radius 2 is 1.17 bits per heavy atom. The zero-order valence-corrected chi connectivity index (χ0v) is 22.9. The van der Waals surface area contributed by atoms with Crippen LogP contribution in [0.4, 0.5) is 17.1 Å². The van der Waals surface area contributed by atoms with E-state index in [1.54, 1.807) is 0 Å². The average Bonchev–Trinajstić information content (AvgIpc) is 3.59. The Hall–Kier alpha value is -5.12. The van der Waals surface area contributed by atoms with Gasteiger partial charge < -0.3 is 9.32 Å². The molecule has 7 aromatic carbocycles. The van der Waals surface area contributed by atoms with Gasteiger partial charge in [0, 0.05) is 42.3 Å². The minimum Gasteiger partial charge on any atom is -0.456 e. The number of hydrogen-bond acceptors (Lipinski definition) is 3. The van der Waals surface area contributed by atoms with Crippen molar-refractivity contribution in [1.82, 2.24) is 0 Å². The maximum absolute atomic E-state index is 6.21. The molecule has 2 aromatic heterocycles. The van der Waals surface area contributed by atoms with E-state index >= 15 is 0 Å². The third-order valence-electron chi connectivity index (χ3n) is 8.21. The van der Waals surface area contributed by atoms with Gasteiger partial charge in [0.1, 0.15) is 11.2 Å². The Morgan fingerprint density at radius 1 is 0.439 bits per heavy atom. The number of nitrogens with zero attached hydrogens (tertiary/aromatic N) is 1. The number of furan rings is 1. The molecule has 0 spiro atoms. The molecule has 9 aromatic rings. The molecule has 3 heteroatoms. The van der Waals surface area contributed by atoms with Gasteiger partial charge in [0.05, 0.1) is 5.69 Å². The molecule has 0 atom stereocenters. The summed E-state index contributed by atoms with van der Waals surface area (Å²) >= 11 is 1.86. The Kier molecular flexibility index (Phi) is 4.80. The second kappa shape index (κ2) is 8.69. The molecule has 0 unspecified atom stereocenters. The van der Waals surface area contributed by atoms with Crippen molar-refractivity contribution in [3.8, 4) is 0 Å². The van der Waals surface area contributed by atoms with Gasteiger partial charge in [-0.05, 0) is 82.2 Å². The van der Waals surface area contributed by atoms with Crippen LogP contribution >= 0.6 is 11.3 Å². The first-order chi connectivity index (χ1) is 20.3. The van der Waals surface area contributed by atoms with Crippen LogP contribution in [0.3, 0.4) is 0 Å². The summed E-state index contributed by atoms with van der Waals surface area (Å²) in [7, 11) is 0. The molecule has 0 bridgehead atoms. The first kappa shape index (κ1) is 22.7. The monoisotopic (exact) mass is 541 g/mol. The van der Waals surface area contributed by atoms with Crippen LogP contribution in [0.25, 0.3) is 63.7 Å². The standard InChI is InChI=1S/C38H23NOS/c1-2-9-26(10-3-1)39(33-13-8-16-37-38(33)29-12-5-7-15-36(29)41-37)27-20-19-24-17-18-25-21-35-32(23-31(25)30(24)22-27)28-11-4-6-14-34(28)40-35/h1-23H. The fourth-order valence-electron chi connectivity index (χ4n) is 6.35. The van der Waals surface area contributed by atoms with E-state index in [1.165, 1.54) is 47.4 Å². The number of rotatable bonds is 3. The van der Waals surface area contributed by atoms with Gasteiger partial charge in [-0.2, -0.15) is 0 Å². The SMILES string of the molecule is c1ccc(N(c2ccc3ccc4cc5oc6ccccc6c5cc4c3c2)c2cccc3sc4ccccc4c23)cc1. The van der Waals surface area contributed by atoms with Gasteiger partial charge in [0.15, 0.2) is 0 Å². The Balaban J connectivity index is 1.34. The molecule has 0 radical (unpaired) electrons. The van der Waals surface area contributed by atoms with Crippen molar-refractivity contribution in [3.05, 3.63) is 140 Å². The topological polar surface area (TPSA) is 16.4 Å². The normalized spacial score (nSPS) is 11.9. The molecule has 0 saturated carbocycles. The highest BCUT2D eigenvalue weighted by Gasteiger charge is 2.19. The lowest BCUT2D eigenvalue weighted by atomic mass is 9.98. The van der Waals surface area contributed by atoms with Gasteiger partial charge in [-0.15, -0.1) is 11.3 Å². The minimum atomic E-state index is 0.925. The van der Waals surface area contributed by atoms with Crippen LogP contribution in [0, 0.1) is 0 Å². The Bertz CT molecular complexity index is 2430. The summed E-state index contributed by atoms with van der Waals surface area (Å²) in [6.45, 7) is 0. The van der Waals surface area contributed by atoms with E-state index in [9.17, 15) is 0 Å². The first-order valence-corrected chi connectivity index (χ1v) is 14.7. The smallest absolute Gasteiger partial charge is 0.136 e. The molecule has 41 heavy (non-hydrogen) atoms. The summed E-state index contributed by atoms with van der Waals surface area (Å²) in [6.07, 6.45) is 0. The molecule has 2 nitrogen and oxygen atoms in total. The van der Waals surface area contributed by atoms with Crippen LogP contribution in [0.5, 0.6) is 0 Å². The fourth-order valence-corrected chi connectivity index (χ4v) is 7.47. The molecule has 192 valence electrons. The van der Waals surface area contributed by atoms with E-state index in [2.05, 4.69) is 132 Å². The summed E-state index contributed by atoms with van der Waals surface area (Å²) in [4.78, 5) is 2.41. The highest BCUT2D eigenvalue weighted by atomic mass is 32.1. The van der Waals surface area contributed by atoms with Gasteiger partial charge >= 0.3 is 0 Å². The predicted molar refractivity (Wildman–Crippen MR) is 176 cm³/mol. The summed E-state index contributed by atoms with van der Waals surface area (Å²) in [5.74, 6) is 0. The van der Waals surface area contributed by atoms with E-state index in [0.717, 1.165) is 33.3 Å². The molecule has 2 heterocycles. The van der Waals surface area contributed by atoms with Crippen molar-refractivity contribution in [1.29, 1.82) is 0 Å². The maximum Gasteiger partial charge on any atom is 0.136 e. The fraction of sp³-hybridized carbons (Fsp3) is 0. The number of benzene rings is 7. The number of thiophene rings is 1. The highest BCUT2D eigenvalue weighted by Crippen LogP contribution is 2.45. The van der Waals surface area contributed by atoms with Crippen molar-refractivity contribution >= 4 is 92.1 Å². The van der Waals surface area contributed by atoms with Crippen LogP contribution in [-0.4, -0.2) is 0 Å². The number of anilines is 3. The summed E-state index contributed by atoms with van der Waals surface area (Å²) < 4.78 is 8.82. The van der Waals surface area contributed by atoms with Crippen molar-refractivity contribution in [2.24, 2.45) is 0 Å². The van der Waals surface area contributed by atoms with Crippen LogP contribution in [0.15, 0.2) is 144 Å². The molecular weight excluding hydrogens is 518 g/mol. The minimum absolute atomic E-state index is 0.925. The molecule has 0 fully saturated rings. The molecule has 0 saturated heterocycles. The predicted octanol–water partition coefficient (Wildman–Crippen LogP) is 11.7. The van der Waals surface area contributed by atoms with Gasteiger partial charge in [0.2, 0.25) is 0 Å². The molecule has 0 aliphatic carbocycles. The average molecular weight is 542 g/mol. The van der Waals surface area contributed by atoms with E-state index < -0.39 is 0 Å². The highest BCUT2D eigenvalue weighted by molar-refractivity contribution is 7.26. The molecule has 0 N–H and O–H groups in total. The summed E-state index contributed by atoms with van der Waals surface area (Å²) in [5.41, 5.74) is 5.31. The van der Waals surface area contributed by atoms with Crippen molar-refractivity contribution in [2.45, 2.75) is 0 Å². The quantitative estimate of drug-likeness (QED) is 0.207. The lowest BCUT2D eigenvalue weighted by molar-refractivity contribution is 0.669. The molecule has 0 amide bonds. The molecule has 9 rings (SSSR count). The maximum atomic E-state index is 6.21. The second-order valence-corrected chi connectivity index (χ2v) is 11.6. The largest absolute Gasteiger partial charge is 0.456 e. The Morgan fingerprint density at radius 3 is 2.10 bits per heavy atom. The van der Waals surface area contributed by atoms with Crippen molar-refractivity contribution < 1.29 is 4.42 Å². The summed E-state index contributed by atoms with van der Waals surface area (Å²) in [6, 6.07) is 50.2. The van der Waals surface area contributed by atoms with E-state index in [4.69, 9.17) is 4.42 Å². The number of hydrogen-bond donors (Lipinski definition) is 0. The zero-order valence-electron chi connectivity index (χ0n) is 22.0. The number of para-hydroxylation sites is 2. The zero-order chi connectivity index (χ0) is 26.9. The van der Waals surface area contributed by atoms with Crippen LogP contribution < -0.4 is 4.90 Å². The molecule has 0 aliphatic heterocycles. The van der Waals surface area contributed by atoms with Crippen molar-refractivity contribution in [3.63, 3.8) is 0 Å². The van der Waals surface area contributed by atoms with E-state index in [0.29, 0.717) is 0 Å². The third-order valence-corrected chi connectivity index (χ3v) is 9.35. The Labute approximate surface area is 240 Å².